The Morgan fingerprint density at radius 3 is 2.72 bits per heavy atom. The van der Waals surface area contributed by atoms with E-state index in [-0.39, 0.29) is 18.0 Å². The van der Waals surface area contributed by atoms with Crippen molar-refractivity contribution in [1.29, 1.82) is 0 Å². The molecule has 18 heavy (non-hydrogen) atoms. The first-order valence-corrected chi connectivity index (χ1v) is 6.67. The molecule has 1 amide bonds. The van der Waals surface area contributed by atoms with Gasteiger partial charge in [-0.3, -0.25) is 4.79 Å². The number of carbonyl (C=O) groups excluding carboxylic acids is 1. The normalized spacial score (nSPS) is 18.9. The van der Waals surface area contributed by atoms with E-state index in [1.165, 1.54) is 0 Å². The molecule has 1 aliphatic heterocycles. The summed E-state index contributed by atoms with van der Waals surface area (Å²) in [5.41, 5.74) is 0. The highest BCUT2D eigenvalue weighted by Crippen LogP contribution is 2.09. The van der Waals surface area contributed by atoms with E-state index in [0.717, 1.165) is 32.5 Å². The topological polar surface area (TPSA) is 50.2 Å². The van der Waals surface area contributed by atoms with E-state index in [0.29, 0.717) is 0 Å². The lowest BCUT2D eigenvalue weighted by Crippen LogP contribution is -2.47. The predicted molar refractivity (Wildman–Crippen MR) is 70.1 cm³/mol. The molecule has 2 atom stereocenters. The third kappa shape index (κ3) is 3.32. The lowest BCUT2D eigenvalue weighted by atomic mass is 10.2. The van der Waals surface area contributed by atoms with Gasteiger partial charge in [-0.2, -0.15) is 0 Å². The van der Waals surface area contributed by atoms with Crippen LogP contribution in [0.1, 0.15) is 26.7 Å². The Hall–Kier alpha value is -1.36. The third-order valence-corrected chi connectivity index (χ3v) is 3.37. The molecule has 0 radical (unpaired) electrons. The number of nitrogens with zero attached hydrogens (tertiary/aromatic N) is 3. The van der Waals surface area contributed by atoms with Crippen LogP contribution in [-0.4, -0.2) is 45.5 Å². The van der Waals surface area contributed by atoms with Crippen molar-refractivity contribution in [1.82, 2.24) is 19.8 Å². The zero-order valence-corrected chi connectivity index (χ0v) is 11.2. The van der Waals surface area contributed by atoms with Crippen LogP contribution in [0.25, 0.3) is 0 Å². The number of aromatic nitrogens is 2. The zero-order valence-electron chi connectivity index (χ0n) is 11.2. The van der Waals surface area contributed by atoms with E-state index in [2.05, 4.69) is 17.2 Å². The summed E-state index contributed by atoms with van der Waals surface area (Å²) in [5, 5.41) is 3.35. The van der Waals surface area contributed by atoms with Gasteiger partial charge in [-0.15, -0.1) is 0 Å². The van der Waals surface area contributed by atoms with E-state index in [9.17, 15) is 4.79 Å². The Kier molecular flexibility index (Phi) is 4.36. The maximum atomic E-state index is 12.1. The lowest BCUT2D eigenvalue weighted by molar-refractivity contribution is -0.132. The maximum absolute atomic E-state index is 12.1. The number of amides is 1. The molecule has 0 aliphatic carbocycles. The van der Waals surface area contributed by atoms with Gasteiger partial charge in [0.1, 0.15) is 0 Å². The standard InChI is InChI=1S/C13H22N4O/c1-11(9-16-8-5-14-10-16)15-12(2)13(18)17-6-3-4-7-17/h5,8,10-12,15H,3-4,6-7,9H2,1-2H3. The van der Waals surface area contributed by atoms with E-state index in [1.807, 2.05) is 22.6 Å². The highest BCUT2D eigenvalue weighted by molar-refractivity contribution is 5.81. The summed E-state index contributed by atoms with van der Waals surface area (Å²) in [5.74, 6) is 0.227. The van der Waals surface area contributed by atoms with Crippen LogP contribution in [0.15, 0.2) is 18.7 Å². The van der Waals surface area contributed by atoms with Crippen LogP contribution >= 0.6 is 0 Å². The summed E-state index contributed by atoms with van der Waals surface area (Å²) >= 11 is 0. The number of likely N-dealkylation sites (tertiary alicyclic amines) is 1. The summed E-state index contributed by atoms with van der Waals surface area (Å²) < 4.78 is 2.02. The van der Waals surface area contributed by atoms with Gasteiger partial charge in [-0.05, 0) is 26.7 Å². The lowest BCUT2D eigenvalue weighted by Gasteiger charge is -2.24. The van der Waals surface area contributed by atoms with Gasteiger partial charge in [-0.1, -0.05) is 0 Å². The summed E-state index contributed by atoms with van der Waals surface area (Å²) in [4.78, 5) is 18.1. The fraction of sp³-hybridized carbons (Fsp3) is 0.692. The first-order chi connectivity index (χ1) is 8.66. The van der Waals surface area contributed by atoms with E-state index in [1.54, 1.807) is 12.5 Å². The molecule has 5 heteroatoms. The molecule has 2 heterocycles. The van der Waals surface area contributed by atoms with Gasteiger partial charge in [-0.25, -0.2) is 4.98 Å². The number of imidazole rings is 1. The minimum atomic E-state index is -0.110. The molecule has 2 rings (SSSR count). The van der Waals surface area contributed by atoms with Gasteiger partial charge >= 0.3 is 0 Å². The average Bonchev–Trinajstić information content (AvgIpc) is 2.99. The molecule has 0 spiro atoms. The van der Waals surface area contributed by atoms with Gasteiger partial charge in [0.25, 0.3) is 0 Å². The zero-order chi connectivity index (χ0) is 13.0. The molecule has 5 nitrogen and oxygen atoms in total. The molecule has 1 N–H and O–H groups in total. The quantitative estimate of drug-likeness (QED) is 0.843. The molecular weight excluding hydrogens is 228 g/mol. The van der Waals surface area contributed by atoms with Crippen LogP contribution in [0.4, 0.5) is 0 Å². The number of hydrogen-bond acceptors (Lipinski definition) is 3. The maximum Gasteiger partial charge on any atom is 0.239 e. The van der Waals surface area contributed by atoms with E-state index in [4.69, 9.17) is 0 Å². The van der Waals surface area contributed by atoms with Crippen LogP contribution in [-0.2, 0) is 11.3 Å². The molecule has 1 aromatic heterocycles. The largest absolute Gasteiger partial charge is 0.341 e. The molecule has 0 saturated carbocycles. The van der Waals surface area contributed by atoms with E-state index < -0.39 is 0 Å². The van der Waals surface area contributed by atoms with Crippen molar-refractivity contribution in [3.8, 4) is 0 Å². The van der Waals surface area contributed by atoms with Gasteiger partial charge in [0.2, 0.25) is 5.91 Å². The smallest absolute Gasteiger partial charge is 0.239 e. The Morgan fingerprint density at radius 1 is 1.39 bits per heavy atom. The van der Waals surface area contributed by atoms with Crippen molar-refractivity contribution in [2.45, 2.75) is 45.3 Å². The van der Waals surface area contributed by atoms with Gasteiger partial charge in [0, 0.05) is 38.1 Å². The summed E-state index contributed by atoms with van der Waals surface area (Å²) in [6.07, 6.45) is 7.79. The monoisotopic (exact) mass is 250 g/mol. The molecule has 1 aliphatic rings. The minimum absolute atomic E-state index is 0.110. The average molecular weight is 250 g/mol. The Morgan fingerprint density at radius 2 is 2.11 bits per heavy atom. The molecule has 0 bridgehead atoms. The van der Waals surface area contributed by atoms with Crippen molar-refractivity contribution >= 4 is 5.91 Å². The molecule has 100 valence electrons. The van der Waals surface area contributed by atoms with E-state index >= 15 is 0 Å². The minimum Gasteiger partial charge on any atom is -0.341 e. The van der Waals surface area contributed by atoms with Crippen molar-refractivity contribution < 1.29 is 4.79 Å². The Balaban J connectivity index is 1.79. The van der Waals surface area contributed by atoms with Crippen LogP contribution in [0.5, 0.6) is 0 Å². The van der Waals surface area contributed by atoms with Crippen molar-refractivity contribution in [3.05, 3.63) is 18.7 Å². The second-order valence-electron chi connectivity index (χ2n) is 5.08. The molecule has 2 unspecified atom stereocenters. The van der Waals surface area contributed by atoms with Crippen LogP contribution in [0.3, 0.4) is 0 Å². The predicted octanol–water partition coefficient (Wildman–Crippen LogP) is 0.872. The summed E-state index contributed by atoms with van der Waals surface area (Å²) in [6, 6.07) is 0.141. The number of nitrogens with one attached hydrogen (secondary N) is 1. The van der Waals surface area contributed by atoms with Gasteiger partial charge in [0.05, 0.1) is 12.4 Å². The number of rotatable bonds is 5. The highest BCUT2D eigenvalue weighted by atomic mass is 16.2. The molecule has 1 saturated heterocycles. The Bertz CT molecular complexity index is 370. The molecule has 0 aromatic carbocycles. The summed E-state index contributed by atoms with van der Waals surface area (Å²) in [6.45, 7) is 6.71. The first-order valence-electron chi connectivity index (χ1n) is 6.67. The fourth-order valence-corrected chi connectivity index (χ4v) is 2.47. The van der Waals surface area contributed by atoms with Crippen LogP contribution in [0.2, 0.25) is 0 Å². The summed E-state index contributed by atoms with van der Waals surface area (Å²) in [7, 11) is 0. The highest BCUT2D eigenvalue weighted by Gasteiger charge is 2.23. The van der Waals surface area contributed by atoms with Crippen LogP contribution < -0.4 is 5.32 Å². The second-order valence-corrected chi connectivity index (χ2v) is 5.08. The third-order valence-electron chi connectivity index (χ3n) is 3.37. The van der Waals surface area contributed by atoms with Crippen molar-refractivity contribution in [3.63, 3.8) is 0 Å². The van der Waals surface area contributed by atoms with Crippen LogP contribution in [0, 0.1) is 0 Å². The number of carbonyl (C=O) groups is 1. The second kappa shape index (κ2) is 6.00. The first kappa shape index (κ1) is 13.1. The van der Waals surface area contributed by atoms with Crippen molar-refractivity contribution in [2.24, 2.45) is 0 Å². The number of hydrogen-bond donors (Lipinski definition) is 1. The van der Waals surface area contributed by atoms with Crippen molar-refractivity contribution in [2.75, 3.05) is 13.1 Å². The van der Waals surface area contributed by atoms with Gasteiger partial charge < -0.3 is 14.8 Å². The SMILES string of the molecule is CC(Cn1ccnc1)NC(C)C(=O)N1CCCC1. The molecular formula is C13H22N4O. The molecule has 1 aromatic rings. The fourth-order valence-electron chi connectivity index (χ4n) is 2.47. The van der Waals surface area contributed by atoms with Gasteiger partial charge in [0.15, 0.2) is 0 Å². The Labute approximate surface area is 108 Å². The molecule has 1 fully saturated rings.